The summed E-state index contributed by atoms with van der Waals surface area (Å²) in [5.74, 6) is -0.410. The standard InChI is InChI=1S/C16H18BrClFNO2S2/c1-16(2,3)24(22)20-15(9-5-4-6-11(19)14(9)17)10-7-13(18)23-12(10)8-21/h4-7,15,20-21H,8H2,1-3H3/t15?,24-/m1/s1. The van der Waals surface area contributed by atoms with Crippen LogP contribution >= 0.6 is 38.9 Å². The Morgan fingerprint density at radius 2 is 2.08 bits per heavy atom. The highest BCUT2D eigenvalue weighted by Gasteiger charge is 2.33. The van der Waals surface area contributed by atoms with Gasteiger partial charge in [0.25, 0.3) is 0 Å². The van der Waals surface area contributed by atoms with E-state index >= 15 is 0 Å². The fourth-order valence-electron chi connectivity index (χ4n) is 2.10. The van der Waals surface area contributed by atoms with Gasteiger partial charge in [0.05, 0.1) is 15.4 Å². The summed E-state index contributed by atoms with van der Waals surface area (Å²) in [6.07, 6.45) is 0. The fourth-order valence-corrected chi connectivity index (χ4v) is 4.59. The Bertz CT molecular complexity index is 721. The summed E-state index contributed by atoms with van der Waals surface area (Å²) in [6.45, 7) is 5.35. The summed E-state index contributed by atoms with van der Waals surface area (Å²) in [5.41, 5.74) is 1.29. The van der Waals surface area contributed by atoms with Gasteiger partial charge in [-0.2, -0.15) is 0 Å². The van der Waals surface area contributed by atoms with Gasteiger partial charge < -0.3 is 9.66 Å². The average Bonchev–Trinajstić information content (AvgIpc) is 2.87. The van der Waals surface area contributed by atoms with Gasteiger partial charge in [-0.1, -0.05) is 23.7 Å². The highest BCUT2D eigenvalue weighted by molar-refractivity contribution is 9.10. The summed E-state index contributed by atoms with van der Waals surface area (Å²) in [7, 11) is 0. The van der Waals surface area contributed by atoms with Crippen molar-refractivity contribution >= 4 is 50.2 Å². The molecule has 2 atom stereocenters. The SMILES string of the molecule is CC(C)(C)[S@@+]([O-])NC(c1cc(Cl)sc1CO)c1cccc(F)c1Br. The van der Waals surface area contributed by atoms with Crippen LogP contribution in [0.2, 0.25) is 4.34 Å². The maximum atomic E-state index is 14.0. The topological polar surface area (TPSA) is 55.3 Å². The molecule has 1 heterocycles. The minimum atomic E-state index is -1.40. The molecule has 8 heteroatoms. The number of aliphatic hydroxyl groups is 1. The molecular formula is C16H18BrClFNO2S2. The Hall–Kier alpha value is -0.150. The minimum absolute atomic E-state index is 0.194. The number of aliphatic hydroxyl groups excluding tert-OH is 1. The van der Waals surface area contributed by atoms with Crippen LogP contribution in [-0.4, -0.2) is 14.4 Å². The number of halogens is 3. The summed E-state index contributed by atoms with van der Waals surface area (Å²) < 4.78 is 30.0. The maximum Gasteiger partial charge on any atom is 0.137 e. The number of hydrogen-bond acceptors (Lipinski definition) is 4. The first kappa shape index (κ1) is 20.2. The quantitative estimate of drug-likeness (QED) is 0.629. The molecule has 0 spiro atoms. The molecule has 1 unspecified atom stereocenters. The van der Waals surface area contributed by atoms with Crippen molar-refractivity contribution in [3.63, 3.8) is 0 Å². The zero-order valence-corrected chi connectivity index (χ0v) is 17.4. The van der Waals surface area contributed by atoms with Crippen LogP contribution in [0, 0.1) is 5.82 Å². The number of thiophene rings is 1. The van der Waals surface area contributed by atoms with E-state index in [1.165, 1.54) is 17.4 Å². The van der Waals surface area contributed by atoms with Crippen LogP contribution in [0.25, 0.3) is 0 Å². The lowest BCUT2D eigenvalue weighted by atomic mass is 10.00. The van der Waals surface area contributed by atoms with Crippen LogP contribution in [0.4, 0.5) is 4.39 Å². The highest BCUT2D eigenvalue weighted by atomic mass is 79.9. The summed E-state index contributed by atoms with van der Waals surface area (Å²) in [4.78, 5) is 0.652. The molecule has 0 aliphatic rings. The van der Waals surface area contributed by atoms with Gasteiger partial charge in [-0.05, 0) is 60.0 Å². The van der Waals surface area contributed by atoms with Gasteiger partial charge in [0.2, 0.25) is 0 Å². The van der Waals surface area contributed by atoms with Crippen molar-refractivity contribution in [1.29, 1.82) is 0 Å². The van der Waals surface area contributed by atoms with Crippen molar-refractivity contribution in [2.45, 2.75) is 38.2 Å². The summed E-state index contributed by atoms with van der Waals surface area (Å²) in [6, 6.07) is 5.83. The van der Waals surface area contributed by atoms with E-state index in [0.29, 0.717) is 24.8 Å². The third kappa shape index (κ3) is 4.52. The molecule has 2 N–H and O–H groups in total. The van der Waals surface area contributed by atoms with Crippen molar-refractivity contribution in [3.05, 3.63) is 54.9 Å². The lowest BCUT2D eigenvalue weighted by Crippen LogP contribution is -2.41. The van der Waals surface area contributed by atoms with Crippen LogP contribution in [0.3, 0.4) is 0 Å². The van der Waals surface area contributed by atoms with Crippen LogP contribution in [0.15, 0.2) is 28.7 Å². The van der Waals surface area contributed by atoms with Crippen LogP contribution in [0.5, 0.6) is 0 Å². The molecule has 0 radical (unpaired) electrons. The van der Waals surface area contributed by atoms with Gasteiger partial charge in [-0.3, -0.25) is 0 Å². The average molecular weight is 455 g/mol. The largest absolute Gasteiger partial charge is 0.598 e. The van der Waals surface area contributed by atoms with E-state index in [1.54, 1.807) is 18.2 Å². The first-order chi connectivity index (χ1) is 11.1. The van der Waals surface area contributed by atoms with E-state index < -0.39 is 28.0 Å². The van der Waals surface area contributed by atoms with E-state index in [9.17, 15) is 14.0 Å². The Labute approximate surface area is 161 Å². The third-order valence-corrected chi connectivity index (χ3v) is 7.00. The molecule has 3 nitrogen and oxygen atoms in total. The van der Waals surface area contributed by atoms with Crippen molar-refractivity contribution < 1.29 is 14.0 Å². The maximum absolute atomic E-state index is 14.0. The predicted molar refractivity (Wildman–Crippen MR) is 102 cm³/mol. The van der Waals surface area contributed by atoms with Crippen molar-refractivity contribution in [2.24, 2.45) is 0 Å². The van der Waals surface area contributed by atoms with E-state index in [-0.39, 0.29) is 6.61 Å². The Morgan fingerprint density at radius 1 is 1.42 bits per heavy atom. The Morgan fingerprint density at radius 3 is 2.67 bits per heavy atom. The van der Waals surface area contributed by atoms with Gasteiger partial charge in [0, 0.05) is 16.2 Å². The lowest BCUT2D eigenvalue weighted by molar-refractivity contribution is 0.284. The van der Waals surface area contributed by atoms with Crippen molar-refractivity contribution in [3.8, 4) is 0 Å². The number of benzene rings is 1. The van der Waals surface area contributed by atoms with Gasteiger partial charge in [-0.25, -0.2) is 4.39 Å². The van der Waals surface area contributed by atoms with E-state index in [1.807, 2.05) is 20.8 Å². The molecule has 0 saturated heterocycles. The smallest absolute Gasteiger partial charge is 0.137 e. The second-order valence-corrected chi connectivity index (χ2v) is 10.7. The molecule has 24 heavy (non-hydrogen) atoms. The van der Waals surface area contributed by atoms with Crippen LogP contribution in [0.1, 0.15) is 42.8 Å². The molecule has 2 rings (SSSR count). The molecule has 0 bridgehead atoms. The molecule has 0 saturated carbocycles. The van der Waals surface area contributed by atoms with Crippen LogP contribution < -0.4 is 4.72 Å². The van der Waals surface area contributed by atoms with Gasteiger partial charge in [-0.15, -0.1) is 16.1 Å². The molecule has 0 amide bonds. The van der Waals surface area contributed by atoms with Gasteiger partial charge >= 0.3 is 0 Å². The zero-order chi connectivity index (χ0) is 18.1. The molecule has 1 aromatic heterocycles. The third-order valence-electron chi connectivity index (χ3n) is 3.34. The zero-order valence-electron chi connectivity index (χ0n) is 13.4. The number of nitrogens with one attached hydrogen (secondary N) is 1. The molecule has 0 fully saturated rings. The normalized spacial score (nSPS) is 14.7. The number of hydrogen-bond donors (Lipinski definition) is 2. The number of rotatable bonds is 5. The monoisotopic (exact) mass is 453 g/mol. The molecule has 0 aliphatic heterocycles. The van der Waals surface area contributed by atoms with Gasteiger partial charge in [0.1, 0.15) is 16.6 Å². The predicted octanol–water partition coefficient (Wildman–Crippen LogP) is 4.94. The Kier molecular flexibility index (Phi) is 6.75. The lowest BCUT2D eigenvalue weighted by Gasteiger charge is -2.29. The highest BCUT2D eigenvalue weighted by Crippen LogP contribution is 2.38. The second-order valence-electron chi connectivity index (χ2n) is 6.16. The van der Waals surface area contributed by atoms with Gasteiger partial charge in [0.15, 0.2) is 0 Å². The Balaban J connectivity index is 2.55. The minimum Gasteiger partial charge on any atom is -0.598 e. The van der Waals surface area contributed by atoms with E-state index in [0.717, 1.165) is 0 Å². The fraction of sp³-hybridized carbons (Fsp3) is 0.375. The molecule has 1 aromatic carbocycles. The molecule has 2 aromatic rings. The van der Waals surface area contributed by atoms with Crippen molar-refractivity contribution in [1.82, 2.24) is 4.72 Å². The summed E-state index contributed by atoms with van der Waals surface area (Å²) >= 11 is 9.21. The summed E-state index contributed by atoms with van der Waals surface area (Å²) in [5, 5.41) is 9.61. The second kappa shape index (κ2) is 8.03. The molecule has 0 aliphatic carbocycles. The van der Waals surface area contributed by atoms with E-state index in [4.69, 9.17) is 11.6 Å². The first-order valence-corrected chi connectivity index (χ1v) is 10.3. The van der Waals surface area contributed by atoms with Crippen LogP contribution in [-0.2, 0) is 18.0 Å². The van der Waals surface area contributed by atoms with Crippen molar-refractivity contribution in [2.75, 3.05) is 0 Å². The molecular weight excluding hydrogens is 437 g/mol. The van der Waals surface area contributed by atoms with E-state index in [2.05, 4.69) is 20.7 Å². The molecule has 132 valence electrons. The first-order valence-electron chi connectivity index (χ1n) is 7.16.